The lowest BCUT2D eigenvalue weighted by Gasteiger charge is -2.09. The molecular formula is C11H20Cl2O3. The molecule has 0 aromatic heterocycles. The summed E-state index contributed by atoms with van der Waals surface area (Å²) in [6, 6.07) is 0. The first-order valence-electron chi connectivity index (χ1n) is 5.67. The van der Waals surface area contributed by atoms with Crippen LogP contribution in [0, 0.1) is 0 Å². The zero-order valence-electron chi connectivity index (χ0n) is 9.88. The predicted molar refractivity (Wildman–Crippen MR) is 66.4 cm³/mol. The number of carbonyl (C=O) groups is 1. The fourth-order valence-electron chi connectivity index (χ4n) is 0.990. The van der Waals surface area contributed by atoms with Gasteiger partial charge in [0.05, 0.1) is 13.2 Å². The van der Waals surface area contributed by atoms with E-state index in [0.29, 0.717) is 26.1 Å². The Morgan fingerprint density at radius 3 is 1.69 bits per heavy atom. The molecular weight excluding hydrogens is 251 g/mol. The summed E-state index contributed by atoms with van der Waals surface area (Å²) in [4.78, 5) is 11.1. The molecule has 0 saturated heterocycles. The summed E-state index contributed by atoms with van der Waals surface area (Å²) in [6.07, 6.45) is 2.40. The lowest BCUT2D eigenvalue weighted by Crippen LogP contribution is -2.13. The Morgan fingerprint density at radius 2 is 1.38 bits per heavy atom. The molecule has 2 atom stereocenters. The van der Waals surface area contributed by atoms with Crippen LogP contribution in [0.2, 0.25) is 0 Å². The van der Waals surface area contributed by atoms with Crippen molar-refractivity contribution in [3.05, 3.63) is 0 Å². The highest BCUT2D eigenvalue weighted by Gasteiger charge is 2.08. The highest BCUT2D eigenvalue weighted by molar-refractivity contribution is 6.20. The molecule has 2 unspecified atom stereocenters. The van der Waals surface area contributed by atoms with E-state index < -0.39 is 6.16 Å². The van der Waals surface area contributed by atoms with E-state index in [2.05, 4.69) is 0 Å². The molecule has 0 fully saturated rings. The molecule has 0 aliphatic carbocycles. The Kier molecular flexibility index (Phi) is 9.94. The Hall–Kier alpha value is -0.150. The first-order chi connectivity index (χ1) is 7.60. The van der Waals surface area contributed by atoms with Gasteiger partial charge in [0.15, 0.2) is 0 Å². The third-order valence-electron chi connectivity index (χ3n) is 2.19. The molecule has 3 nitrogen and oxygen atoms in total. The predicted octanol–water partition coefficient (Wildman–Crippen LogP) is 3.95. The van der Waals surface area contributed by atoms with Crippen LogP contribution in [0.5, 0.6) is 0 Å². The lowest BCUT2D eigenvalue weighted by atomic mass is 10.2. The molecule has 0 saturated carbocycles. The molecule has 0 N–H and O–H groups in total. The first kappa shape index (κ1) is 15.9. The Bertz CT molecular complexity index is 170. The number of halogens is 2. The van der Waals surface area contributed by atoms with E-state index in [0.717, 1.165) is 12.8 Å². The molecule has 0 rings (SSSR count). The molecule has 0 bridgehead atoms. The van der Waals surface area contributed by atoms with Gasteiger partial charge >= 0.3 is 6.16 Å². The molecule has 0 aliphatic heterocycles. The number of alkyl halides is 2. The van der Waals surface area contributed by atoms with Crippen molar-refractivity contribution in [1.82, 2.24) is 0 Å². The molecule has 0 spiro atoms. The van der Waals surface area contributed by atoms with Crippen molar-refractivity contribution in [2.24, 2.45) is 0 Å². The third kappa shape index (κ3) is 9.10. The Labute approximate surface area is 107 Å². The second-order valence-corrected chi connectivity index (χ2v) is 4.77. The average molecular weight is 271 g/mol. The van der Waals surface area contributed by atoms with Crippen molar-refractivity contribution >= 4 is 29.4 Å². The molecule has 0 aromatic rings. The van der Waals surface area contributed by atoms with E-state index >= 15 is 0 Å². The number of hydrogen-bond donors (Lipinski definition) is 0. The summed E-state index contributed by atoms with van der Waals surface area (Å²) in [5.41, 5.74) is 0. The quantitative estimate of drug-likeness (QED) is 0.495. The van der Waals surface area contributed by atoms with Crippen LogP contribution >= 0.6 is 23.2 Å². The van der Waals surface area contributed by atoms with Gasteiger partial charge in [-0.3, -0.25) is 0 Å². The van der Waals surface area contributed by atoms with E-state index in [1.54, 1.807) is 0 Å². The van der Waals surface area contributed by atoms with Gasteiger partial charge in [-0.05, 0) is 25.7 Å². The maximum atomic E-state index is 11.1. The molecule has 0 amide bonds. The van der Waals surface area contributed by atoms with Gasteiger partial charge in [0.1, 0.15) is 0 Å². The molecule has 96 valence electrons. The Morgan fingerprint density at radius 1 is 1.00 bits per heavy atom. The van der Waals surface area contributed by atoms with E-state index in [1.807, 2.05) is 13.8 Å². The molecule has 0 heterocycles. The van der Waals surface area contributed by atoms with Gasteiger partial charge in [0, 0.05) is 10.8 Å². The smallest absolute Gasteiger partial charge is 0.434 e. The van der Waals surface area contributed by atoms with E-state index in [1.165, 1.54) is 0 Å². The zero-order chi connectivity index (χ0) is 12.4. The van der Waals surface area contributed by atoms with Crippen LogP contribution in [0.15, 0.2) is 0 Å². The number of carbonyl (C=O) groups excluding carboxylic acids is 1. The first-order valence-corrected chi connectivity index (χ1v) is 6.55. The maximum Gasteiger partial charge on any atom is 0.508 e. The average Bonchev–Trinajstić information content (AvgIpc) is 2.28. The van der Waals surface area contributed by atoms with Crippen molar-refractivity contribution in [1.29, 1.82) is 0 Å². The summed E-state index contributed by atoms with van der Waals surface area (Å²) in [6.45, 7) is 4.58. The summed E-state index contributed by atoms with van der Waals surface area (Å²) in [7, 11) is 0. The Balaban J connectivity index is 3.38. The standard InChI is InChI=1S/C11H20Cl2O3/c1-3-9(12)5-7-15-11(14)16-8-6-10(13)4-2/h9-10H,3-8H2,1-2H3. The third-order valence-corrected chi connectivity index (χ3v) is 3.24. The van der Waals surface area contributed by atoms with Crippen LogP contribution in [-0.2, 0) is 9.47 Å². The van der Waals surface area contributed by atoms with Gasteiger partial charge in [0.2, 0.25) is 0 Å². The normalized spacial score (nSPS) is 14.2. The zero-order valence-corrected chi connectivity index (χ0v) is 11.4. The van der Waals surface area contributed by atoms with Gasteiger partial charge in [-0.1, -0.05) is 13.8 Å². The van der Waals surface area contributed by atoms with Crippen LogP contribution in [0.4, 0.5) is 4.79 Å². The number of rotatable bonds is 8. The summed E-state index contributed by atoms with van der Waals surface area (Å²) >= 11 is 11.7. The molecule has 0 aliphatic rings. The fourth-order valence-corrected chi connectivity index (χ4v) is 1.17. The topological polar surface area (TPSA) is 35.5 Å². The van der Waals surface area contributed by atoms with E-state index in [-0.39, 0.29) is 10.8 Å². The van der Waals surface area contributed by atoms with Crippen LogP contribution in [0.1, 0.15) is 39.5 Å². The van der Waals surface area contributed by atoms with Gasteiger partial charge in [0.25, 0.3) is 0 Å². The van der Waals surface area contributed by atoms with Crippen molar-refractivity contribution in [3.63, 3.8) is 0 Å². The molecule has 0 aromatic carbocycles. The van der Waals surface area contributed by atoms with Crippen molar-refractivity contribution in [2.45, 2.75) is 50.3 Å². The maximum absolute atomic E-state index is 11.1. The van der Waals surface area contributed by atoms with Crippen molar-refractivity contribution < 1.29 is 14.3 Å². The van der Waals surface area contributed by atoms with Crippen LogP contribution < -0.4 is 0 Å². The second-order valence-electron chi connectivity index (χ2n) is 3.54. The van der Waals surface area contributed by atoms with Gasteiger partial charge in [-0.2, -0.15) is 0 Å². The van der Waals surface area contributed by atoms with Crippen molar-refractivity contribution in [2.75, 3.05) is 13.2 Å². The lowest BCUT2D eigenvalue weighted by molar-refractivity contribution is 0.0534. The van der Waals surface area contributed by atoms with Crippen LogP contribution in [0.3, 0.4) is 0 Å². The molecule has 16 heavy (non-hydrogen) atoms. The summed E-state index contributed by atoms with van der Waals surface area (Å²) < 4.78 is 9.68. The minimum Gasteiger partial charge on any atom is -0.434 e. The summed E-state index contributed by atoms with van der Waals surface area (Å²) in [5.74, 6) is 0. The SMILES string of the molecule is CCC(Cl)CCOC(=O)OCCC(Cl)CC. The van der Waals surface area contributed by atoms with Gasteiger partial charge < -0.3 is 9.47 Å². The number of hydrogen-bond acceptors (Lipinski definition) is 3. The molecule has 0 radical (unpaired) electrons. The van der Waals surface area contributed by atoms with Gasteiger partial charge in [-0.15, -0.1) is 23.2 Å². The van der Waals surface area contributed by atoms with Crippen molar-refractivity contribution in [3.8, 4) is 0 Å². The van der Waals surface area contributed by atoms with E-state index in [9.17, 15) is 4.79 Å². The largest absolute Gasteiger partial charge is 0.508 e. The summed E-state index contributed by atoms with van der Waals surface area (Å²) in [5, 5.41) is 0.111. The van der Waals surface area contributed by atoms with Gasteiger partial charge in [-0.25, -0.2) is 4.79 Å². The highest BCUT2D eigenvalue weighted by atomic mass is 35.5. The minimum absolute atomic E-state index is 0.0557. The fraction of sp³-hybridized carbons (Fsp3) is 0.909. The van der Waals surface area contributed by atoms with Crippen LogP contribution in [-0.4, -0.2) is 30.1 Å². The monoisotopic (exact) mass is 270 g/mol. The highest BCUT2D eigenvalue weighted by Crippen LogP contribution is 2.08. The number of ether oxygens (including phenoxy) is 2. The molecule has 5 heteroatoms. The van der Waals surface area contributed by atoms with Crippen LogP contribution in [0.25, 0.3) is 0 Å². The second kappa shape index (κ2) is 10.0. The van der Waals surface area contributed by atoms with E-state index in [4.69, 9.17) is 32.7 Å². The minimum atomic E-state index is -0.639.